The summed E-state index contributed by atoms with van der Waals surface area (Å²) in [4.78, 5) is 36.5. The van der Waals surface area contributed by atoms with E-state index in [0.717, 1.165) is 61.8 Å². The average Bonchev–Trinajstić information content (AvgIpc) is 3.39. The Hall–Kier alpha value is -2.42. The molecule has 1 aromatic carbocycles. The SMILES string of the molecule is CN1CCc2nc(C(=O)N[C@@H]3CCCC[C@@H]3N(C)C(=O)c3cc4cc(Cl)ccc4n3C)sc2C1. The van der Waals surface area contributed by atoms with E-state index < -0.39 is 0 Å². The van der Waals surface area contributed by atoms with Gasteiger partial charge in [0.1, 0.15) is 5.69 Å². The van der Waals surface area contributed by atoms with Gasteiger partial charge in [-0.15, -0.1) is 11.3 Å². The monoisotopic (exact) mass is 499 g/mol. The fraction of sp³-hybridized carbons (Fsp3) is 0.480. The molecule has 2 aromatic heterocycles. The Labute approximate surface area is 208 Å². The van der Waals surface area contributed by atoms with E-state index in [4.69, 9.17) is 11.6 Å². The number of fused-ring (bicyclic) bond motifs is 2. The van der Waals surface area contributed by atoms with Gasteiger partial charge in [-0.1, -0.05) is 24.4 Å². The molecule has 1 fully saturated rings. The number of thiazole rings is 1. The van der Waals surface area contributed by atoms with Crippen LogP contribution in [-0.4, -0.2) is 63.9 Å². The largest absolute Gasteiger partial charge is 0.345 e. The number of halogens is 1. The molecule has 2 aliphatic rings. The van der Waals surface area contributed by atoms with Crippen LogP contribution in [0.5, 0.6) is 0 Å². The molecule has 3 aromatic rings. The second-order valence-corrected chi connectivity index (χ2v) is 11.0. The van der Waals surface area contributed by atoms with Gasteiger partial charge < -0.3 is 19.7 Å². The lowest BCUT2D eigenvalue weighted by Gasteiger charge is -2.38. The van der Waals surface area contributed by atoms with Crippen molar-refractivity contribution in [2.75, 3.05) is 20.6 Å². The van der Waals surface area contributed by atoms with E-state index >= 15 is 0 Å². The molecule has 0 radical (unpaired) electrons. The van der Waals surface area contributed by atoms with Crippen molar-refractivity contribution in [3.8, 4) is 0 Å². The van der Waals surface area contributed by atoms with Crippen LogP contribution in [0.4, 0.5) is 0 Å². The zero-order valence-corrected chi connectivity index (χ0v) is 21.4. The standard InChI is InChI=1S/C25H30ClN5O2S/c1-29-11-10-18-22(14-29)34-24(28-18)23(32)27-17-6-4-5-7-20(17)31(3)25(33)21-13-15-12-16(26)8-9-19(15)30(21)2/h8-9,12-13,17,20H,4-7,10-11,14H2,1-3H3,(H,27,32)/t17-,20+/m1/s1. The molecule has 2 atom stereocenters. The topological polar surface area (TPSA) is 70.5 Å². The molecule has 0 saturated heterocycles. The van der Waals surface area contributed by atoms with Gasteiger partial charge in [-0.25, -0.2) is 4.98 Å². The Balaban J connectivity index is 1.34. The molecule has 7 nitrogen and oxygen atoms in total. The van der Waals surface area contributed by atoms with Gasteiger partial charge in [0, 0.05) is 60.5 Å². The summed E-state index contributed by atoms with van der Waals surface area (Å²) >= 11 is 7.65. The maximum Gasteiger partial charge on any atom is 0.280 e. The van der Waals surface area contributed by atoms with Crippen molar-refractivity contribution in [2.24, 2.45) is 7.05 Å². The molecule has 0 spiro atoms. The van der Waals surface area contributed by atoms with E-state index in [2.05, 4.69) is 22.2 Å². The number of aromatic nitrogens is 2. The molecule has 0 bridgehead atoms. The molecule has 2 amide bonds. The fourth-order valence-corrected chi connectivity index (χ4v) is 6.52. The van der Waals surface area contributed by atoms with Gasteiger partial charge in [0.25, 0.3) is 11.8 Å². The van der Waals surface area contributed by atoms with E-state index in [1.807, 2.05) is 47.8 Å². The van der Waals surface area contributed by atoms with Crippen molar-refractivity contribution in [1.82, 2.24) is 24.7 Å². The summed E-state index contributed by atoms with van der Waals surface area (Å²) < 4.78 is 1.91. The van der Waals surface area contributed by atoms with Crippen LogP contribution in [0, 0.1) is 0 Å². The van der Waals surface area contributed by atoms with Crippen molar-refractivity contribution >= 4 is 45.7 Å². The van der Waals surface area contributed by atoms with Crippen LogP contribution in [-0.2, 0) is 20.0 Å². The fourth-order valence-electron chi connectivity index (χ4n) is 5.25. The van der Waals surface area contributed by atoms with Crippen LogP contribution in [0.25, 0.3) is 10.9 Å². The third kappa shape index (κ3) is 4.34. The van der Waals surface area contributed by atoms with E-state index in [9.17, 15) is 9.59 Å². The highest BCUT2D eigenvalue weighted by Gasteiger charge is 2.34. The van der Waals surface area contributed by atoms with Gasteiger partial charge in [0.15, 0.2) is 5.01 Å². The van der Waals surface area contributed by atoms with E-state index in [1.165, 1.54) is 16.2 Å². The van der Waals surface area contributed by atoms with Gasteiger partial charge in [-0.2, -0.15) is 0 Å². The van der Waals surface area contributed by atoms with Gasteiger partial charge in [0.05, 0.1) is 11.7 Å². The molecular formula is C25H30ClN5O2S. The summed E-state index contributed by atoms with van der Waals surface area (Å²) in [6, 6.07) is 7.39. The maximum absolute atomic E-state index is 13.5. The highest BCUT2D eigenvalue weighted by Crippen LogP contribution is 2.28. The summed E-state index contributed by atoms with van der Waals surface area (Å²) in [7, 11) is 5.84. The van der Waals surface area contributed by atoms with Gasteiger partial charge in [0.2, 0.25) is 0 Å². The maximum atomic E-state index is 13.5. The van der Waals surface area contributed by atoms with Gasteiger partial charge in [-0.05, 0) is 44.2 Å². The number of aryl methyl sites for hydroxylation is 1. The summed E-state index contributed by atoms with van der Waals surface area (Å²) in [6.45, 7) is 1.82. The smallest absolute Gasteiger partial charge is 0.280 e. The summed E-state index contributed by atoms with van der Waals surface area (Å²) in [5.41, 5.74) is 2.64. The molecule has 180 valence electrons. The predicted octanol–water partition coefficient (Wildman–Crippen LogP) is 4.09. The summed E-state index contributed by atoms with van der Waals surface area (Å²) in [5.74, 6) is -0.173. The number of rotatable bonds is 4. The first-order valence-electron chi connectivity index (χ1n) is 11.8. The number of carbonyl (C=O) groups excluding carboxylic acids is 2. The van der Waals surface area contributed by atoms with Gasteiger partial charge >= 0.3 is 0 Å². The highest BCUT2D eigenvalue weighted by atomic mass is 35.5. The Bertz CT molecular complexity index is 1250. The Morgan fingerprint density at radius 2 is 2.00 bits per heavy atom. The van der Waals surface area contributed by atoms with Crippen molar-refractivity contribution in [1.29, 1.82) is 0 Å². The minimum absolute atomic E-state index is 0.0475. The Kier molecular flexibility index (Phi) is 6.39. The second kappa shape index (κ2) is 9.32. The van der Waals surface area contributed by atoms with Crippen molar-refractivity contribution in [2.45, 2.75) is 50.7 Å². The first kappa shape index (κ1) is 23.3. The number of hydrogen-bond donors (Lipinski definition) is 1. The van der Waals surface area contributed by atoms with Crippen LogP contribution in [0.1, 0.15) is 56.5 Å². The molecule has 3 heterocycles. The third-order valence-corrected chi connectivity index (χ3v) is 8.52. The molecule has 5 rings (SSSR count). The van der Waals surface area contributed by atoms with Gasteiger partial charge in [-0.3, -0.25) is 9.59 Å². The lowest BCUT2D eigenvalue weighted by molar-refractivity contribution is 0.0618. The van der Waals surface area contributed by atoms with Crippen LogP contribution >= 0.6 is 22.9 Å². The number of hydrogen-bond acceptors (Lipinski definition) is 5. The third-order valence-electron chi connectivity index (χ3n) is 7.20. The van der Waals surface area contributed by atoms with E-state index in [-0.39, 0.29) is 23.9 Å². The van der Waals surface area contributed by atoms with Crippen LogP contribution in [0.2, 0.25) is 5.02 Å². The quantitative estimate of drug-likeness (QED) is 0.587. The minimum Gasteiger partial charge on any atom is -0.345 e. The molecule has 1 aliphatic carbocycles. The molecule has 0 unspecified atom stereocenters. The minimum atomic E-state index is -0.126. The second-order valence-electron chi connectivity index (χ2n) is 9.52. The normalized spacial score (nSPS) is 20.8. The number of carbonyl (C=O) groups is 2. The first-order valence-corrected chi connectivity index (χ1v) is 13.0. The average molecular weight is 500 g/mol. The van der Waals surface area contributed by atoms with Crippen LogP contribution in [0.3, 0.4) is 0 Å². The number of nitrogens with one attached hydrogen (secondary N) is 1. The van der Waals surface area contributed by atoms with E-state index in [1.54, 1.807) is 0 Å². The molecule has 34 heavy (non-hydrogen) atoms. The van der Waals surface area contributed by atoms with Crippen molar-refractivity contribution in [3.63, 3.8) is 0 Å². The summed E-state index contributed by atoms with van der Waals surface area (Å²) in [6.07, 6.45) is 4.68. The Morgan fingerprint density at radius 1 is 1.21 bits per heavy atom. The number of amides is 2. The molecular weight excluding hydrogens is 470 g/mol. The summed E-state index contributed by atoms with van der Waals surface area (Å²) in [5, 5.41) is 5.34. The zero-order valence-electron chi connectivity index (χ0n) is 19.8. The van der Waals surface area contributed by atoms with Crippen LogP contribution in [0.15, 0.2) is 24.3 Å². The lowest BCUT2D eigenvalue weighted by atomic mass is 9.89. The lowest BCUT2D eigenvalue weighted by Crippen LogP contribution is -2.53. The molecule has 1 saturated carbocycles. The molecule has 9 heteroatoms. The molecule has 1 N–H and O–H groups in total. The molecule has 1 aliphatic heterocycles. The van der Waals surface area contributed by atoms with Crippen LogP contribution < -0.4 is 5.32 Å². The number of likely N-dealkylation sites (N-methyl/N-ethyl adjacent to an activating group) is 2. The number of nitrogens with zero attached hydrogens (tertiary/aromatic N) is 4. The van der Waals surface area contributed by atoms with E-state index in [0.29, 0.717) is 15.7 Å². The van der Waals surface area contributed by atoms with Crippen molar-refractivity contribution < 1.29 is 9.59 Å². The first-order chi connectivity index (χ1) is 16.3. The Morgan fingerprint density at radius 3 is 2.82 bits per heavy atom. The van der Waals surface area contributed by atoms with Crippen molar-refractivity contribution in [3.05, 3.63) is 50.6 Å². The zero-order chi connectivity index (χ0) is 24.0. The highest BCUT2D eigenvalue weighted by molar-refractivity contribution is 7.13. The number of benzene rings is 1. The predicted molar refractivity (Wildman–Crippen MR) is 136 cm³/mol.